The Hall–Kier alpha value is -0.220. The maximum Gasteiger partial charge on any atom is 0.225 e. The summed E-state index contributed by atoms with van der Waals surface area (Å²) in [6.45, 7) is 4.30. The molecule has 2 unspecified atom stereocenters. The fraction of sp³-hybridized carbons (Fsp3) is 0.933. The molecule has 3 nitrogen and oxygen atoms in total. The molecule has 1 aliphatic carbocycles. The van der Waals surface area contributed by atoms with Gasteiger partial charge in [-0.1, -0.05) is 6.92 Å². The molecule has 3 aliphatic rings. The van der Waals surface area contributed by atoms with Crippen LogP contribution in [0, 0.1) is 5.92 Å². The van der Waals surface area contributed by atoms with Crippen molar-refractivity contribution in [2.24, 2.45) is 5.92 Å². The number of nitrogens with one attached hydrogen (secondary N) is 1. The molecule has 0 radical (unpaired) electrons. The fourth-order valence-corrected chi connectivity index (χ4v) is 4.45. The van der Waals surface area contributed by atoms with Crippen molar-refractivity contribution in [3.63, 3.8) is 0 Å². The lowest BCUT2D eigenvalue weighted by atomic mass is 10.0. The number of thioether (sulfide) groups is 1. The zero-order valence-electron chi connectivity index (χ0n) is 11.9. The third-order valence-corrected chi connectivity index (χ3v) is 6.17. The summed E-state index contributed by atoms with van der Waals surface area (Å²) in [5, 5.41) is 4.60. The number of hydrogen-bond donors (Lipinski definition) is 1. The number of nitrogens with zero attached hydrogens (tertiary/aromatic N) is 1. The minimum Gasteiger partial charge on any atom is -0.342 e. The Morgan fingerprint density at radius 3 is 2.53 bits per heavy atom. The third-order valence-electron chi connectivity index (χ3n) is 4.79. The Morgan fingerprint density at radius 1 is 1.16 bits per heavy atom. The number of carbonyl (C=O) groups excluding carboxylic acids is 1. The van der Waals surface area contributed by atoms with Gasteiger partial charge in [0.25, 0.3) is 0 Å². The van der Waals surface area contributed by atoms with Crippen molar-refractivity contribution in [2.75, 3.05) is 18.8 Å². The van der Waals surface area contributed by atoms with Crippen LogP contribution in [0.1, 0.15) is 45.4 Å². The molecule has 108 valence electrons. The van der Waals surface area contributed by atoms with Crippen LogP contribution in [0.4, 0.5) is 0 Å². The molecule has 2 aliphatic heterocycles. The molecule has 0 aromatic heterocycles. The van der Waals surface area contributed by atoms with Crippen LogP contribution in [-0.2, 0) is 4.79 Å². The first-order chi connectivity index (χ1) is 9.24. The van der Waals surface area contributed by atoms with E-state index in [1.165, 1.54) is 18.6 Å². The lowest BCUT2D eigenvalue weighted by molar-refractivity contribution is -0.133. The van der Waals surface area contributed by atoms with Gasteiger partial charge in [-0.3, -0.25) is 4.79 Å². The van der Waals surface area contributed by atoms with E-state index in [1.807, 2.05) is 0 Å². The monoisotopic (exact) mass is 282 g/mol. The largest absolute Gasteiger partial charge is 0.342 e. The normalized spacial score (nSPS) is 33.4. The summed E-state index contributed by atoms with van der Waals surface area (Å²) in [6.07, 6.45) is 7.24. The standard InChI is InChI=1S/C15H26N2OS/c1-11-14(3-2-10-19-11)16-13-6-8-17(9-7-13)15(18)12-4-5-12/h11-14,16H,2-10H2,1H3. The quantitative estimate of drug-likeness (QED) is 0.862. The van der Waals surface area contributed by atoms with Gasteiger partial charge in [-0.15, -0.1) is 0 Å². The first kappa shape index (κ1) is 13.7. The molecule has 3 rings (SSSR count). The van der Waals surface area contributed by atoms with Crippen LogP contribution in [0.5, 0.6) is 0 Å². The van der Waals surface area contributed by atoms with Gasteiger partial charge in [0.15, 0.2) is 0 Å². The Balaban J connectivity index is 1.43. The molecule has 0 spiro atoms. The molecule has 2 atom stereocenters. The molecule has 0 bridgehead atoms. The highest BCUT2D eigenvalue weighted by atomic mass is 32.2. The predicted octanol–water partition coefficient (Wildman–Crippen LogP) is 2.26. The average molecular weight is 282 g/mol. The molecule has 1 N–H and O–H groups in total. The Labute approximate surface area is 120 Å². The second-order valence-electron chi connectivity index (χ2n) is 6.37. The van der Waals surface area contributed by atoms with Crippen molar-refractivity contribution in [3.8, 4) is 0 Å². The smallest absolute Gasteiger partial charge is 0.225 e. The summed E-state index contributed by atoms with van der Waals surface area (Å²) in [5.41, 5.74) is 0. The highest BCUT2D eigenvalue weighted by molar-refractivity contribution is 7.99. The van der Waals surface area contributed by atoms with Gasteiger partial charge in [0, 0.05) is 36.3 Å². The molecule has 1 saturated carbocycles. The molecule has 0 aromatic rings. The summed E-state index contributed by atoms with van der Waals surface area (Å²) < 4.78 is 0. The SMILES string of the molecule is CC1SCCCC1NC1CCN(C(=O)C2CC2)CC1. The van der Waals surface area contributed by atoms with E-state index in [2.05, 4.69) is 28.9 Å². The van der Waals surface area contributed by atoms with Crippen LogP contribution in [0.3, 0.4) is 0 Å². The van der Waals surface area contributed by atoms with E-state index in [0.717, 1.165) is 44.0 Å². The number of carbonyl (C=O) groups is 1. The van der Waals surface area contributed by atoms with Crippen molar-refractivity contribution in [2.45, 2.75) is 62.8 Å². The highest BCUT2D eigenvalue weighted by Crippen LogP contribution is 2.32. The van der Waals surface area contributed by atoms with E-state index in [0.29, 0.717) is 23.9 Å². The third kappa shape index (κ3) is 3.46. The number of rotatable bonds is 3. The topological polar surface area (TPSA) is 32.3 Å². The highest BCUT2D eigenvalue weighted by Gasteiger charge is 2.35. The van der Waals surface area contributed by atoms with Crippen LogP contribution >= 0.6 is 11.8 Å². The van der Waals surface area contributed by atoms with E-state index in [4.69, 9.17) is 0 Å². The van der Waals surface area contributed by atoms with Gasteiger partial charge >= 0.3 is 0 Å². The van der Waals surface area contributed by atoms with Crippen LogP contribution in [0.2, 0.25) is 0 Å². The molecular formula is C15H26N2OS. The second-order valence-corrected chi connectivity index (χ2v) is 7.85. The van der Waals surface area contributed by atoms with E-state index in [-0.39, 0.29) is 0 Å². The second kappa shape index (κ2) is 6.04. The van der Waals surface area contributed by atoms with Crippen molar-refractivity contribution in [1.82, 2.24) is 10.2 Å². The fourth-order valence-electron chi connectivity index (χ4n) is 3.30. The van der Waals surface area contributed by atoms with Crippen LogP contribution in [0.25, 0.3) is 0 Å². The molecule has 4 heteroatoms. The number of likely N-dealkylation sites (tertiary alicyclic amines) is 1. The van der Waals surface area contributed by atoms with Gasteiger partial charge < -0.3 is 10.2 Å². The Morgan fingerprint density at radius 2 is 1.89 bits per heavy atom. The molecular weight excluding hydrogens is 256 g/mol. The molecule has 19 heavy (non-hydrogen) atoms. The summed E-state index contributed by atoms with van der Waals surface area (Å²) in [6, 6.07) is 1.32. The number of amides is 1. The van der Waals surface area contributed by atoms with Crippen molar-refractivity contribution in [1.29, 1.82) is 0 Å². The molecule has 3 fully saturated rings. The lowest BCUT2D eigenvalue weighted by Gasteiger charge is -2.37. The van der Waals surface area contributed by atoms with Gasteiger partial charge in [0.05, 0.1) is 0 Å². The summed E-state index contributed by atoms with van der Waals surface area (Å²) in [4.78, 5) is 14.1. The van der Waals surface area contributed by atoms with E-state index in [1.54, 1.807) is 0 Å². The predicted molar refractivity (Wildman–Crippen MR) is 80.4 cm³/mol. The maximum atomic E-state index is 12.0. The Kier molecular flexibility index (Phi) is 4.37. The maximum absolute atomic E-state index is 12.0. The van der Waals surface area contributed by atoms with Gasteiger partial charge in [-0.25, -0.2) is 0 Å². The lowest BCUT2D eigenvalue weighted by Crippen LogP contribution is -2.50. The molecule has 1 amide bonds. The summed E-state index contributed by atoms with van der Waals surface area (Å²) in [5.74, 6) is 2.15. The Bertz CT molecular complexity index is 324. The number of piperidine rings is 1. The number of hydrogen-bond acceptors (Lipinski definition) is 3. The zero-order valence-corrected chi connectivity index (χ0v) is 12.8. The summed E-state index contributed by atoms with van der Waals surface area (Å²) >= 11 is 2.11. The zero-order chi connectivity index (χ0) is 13.2. The van der Waals surface area contributed by atoms with Crippen LogP contribution in [-0.4, -0.2) is 47.0 Å². The minimum absolute atomic E-state index is 0.388. The van der Waals surface area contributed by atoms with Crippen LogP contribution in [0.15, 0.2) is 0 Å². The van der Waals surface area contributed by atoms with Gasteiger partial charge in [0.2, 0.25) is 5.91 Å². The summed E-state index contributed by atoms with van der Waals surface area (Å²) in [7, 11) is 0. The molecule has 2 saturated heterocycles. The van der Waals surface area contributed by atoms with Crippen LogP contribution < -0.4 is 5.32 Å². The van der Waals surface area contributed by atoms with Crippen molar-refractivity contribution >= 4 is 17.7 Å². The van der Waals surface area contributed by atoms with E-state index in [9.17, 15) is 4.79 Å². The van der Waals surface area contributed by atoms with Crippen molar-refractivity contribution < 1.29 is 4.79 Å². The molecule has 0 aromatic carbocycles. The first-order valence-corrected chi connectivity index (χ1v) is 8.95. The van der Waals surface area contributed by atoms with Crippen molar-refractivity contribution in [3.05, 3.63) is 0 Å². The average Bonchev–Trinajstić information content (AvgIpc) is 3.26. The minimum atomic E-state index is 0.388. The molecule has 2 heterocycles. The van der Waals surface area contributed by atoms with E-state index < -0.39 is 0 Å². The van der Waals surface area contributed by atoms with Gasteiger partial charge in [-0.2, -0.15) is 11.8 Å². The van der Waals surface area contributed by atoms with E-state index >= 15 is 0 Å². The van der Waals surface area contributed by atoms with Gasteiger partial charge in [-0.05, 0) is 44.3 Å². The first-order valence-electron chi connectivity index (χ1n) is 7.90. The van der Waals surface area contributed by atoms with Gasteiger partial charge in [0.1, 0.15) is 0 Å².